The van der Waals surface area contributed by atoms with Crippen LogP contribution < -0.4 is 26.0 Å². The van der Waals surface area contributed by atoms with Crippen molar-refractivity contribution in [1.29, 1.82) is 0 Å². The molecule has 4 amide bonds. The number of esters is 5. The number of hydrogen-bond acceptors (Lipinski definition) is 22. The van der Waals surface area contributed by atoms with Crippen molar-refractivity contribution in [2.45, 2.75) is 161 Å². The molecular formula is C60H83F5N4O22. The van der Waals surface area contributed by atoms with Gasteiger partial charge in [-0.25, -0.2) is 13.2 Å². The number of ether oxygens (including phenoxy) is 13. The average Bonchev–Trinajstić information content (AvgIpc) is 0.895. The minimum Gasteiger partial charge on any atom is -0.463 e. The highest BCUT2D eigenvalue weighted by Gasteiger charge is 2.44. The van der Waals surface area contributed by atoms with Crippen LogP contribution in [0, 0.1) is 29.1 Å². The molecular weight excluding hydrogens is 1220 g/mol. The van der Waals surface area contributed by atoms with Gasteiger partial charge in [0.15, 0.2) is 18.7 Å². The van der Waals surface area contributed by atoms with Gasteiger partial charge >= 0.3 is 29.8 Å². The molecule has 2 aliphatic heterocycles. The summed E-state index contributed by atoms with van der Waals surface area (Å²) in [6.07, 6.45) is 0.790. The molecule has 4 N–H and O–H groups in total. The van der Waals surface area contributed by atoms with Crippen LogP contribution in [0.25, 0.3) is 0 Å². The van der Waals surface area contributed by atoms with Gasteiger partial charge in [0.2, 0.25) is 46.6 Å². The number of anilines is 1. The van der Waals surface area contributed by atoms with E-state index in [0.29, 0.717) is 38.5 Å². The van der Waals surface area contributed by atoms with Crippen molar-refractivity contribution in [3.8, 4) is 5.75 Å². The van der Waals surface area contributed by atoms with Crippen LogP contribution in [-0.2, 0) is 90.4 Å². The molecule has 0 saturated carbocycles. The molecule has 2 aliphatic rings. The lowest BCUT2D eigenvalue weighted by Crippen LogP contribution is -2.54. The first-order valence-corrected chi connectivity index (χ1v) is 30.0. The van der Waals surface area contributed by atoms with E-state index in [1.54, 1.807) is 0 Å². The third kappa shape index (κ3) is 29.9. The molecule has 2 heterocycles. The molecule has 2 unspecified atom stereocenters. The molecule has 91 heavy (non-hydrogen) atoms. The molecule has 2 aromatic carbocycles. The molecule has 31 heteroatoms. The first-order chi connectivity index (χ1) is 43.5. The van der Waals surface area contributed by atoms with Gasteiger partial charge in [0, 0.05) is 83.8 Å². The van der Waals surface area contributed by atoms with E-state index in [1.807, 2.05) is 0 Å². The number of unbranched alkanes of at least 4 members (excludes halogenated alkanes) is 7. The maximum Gasteiger partial charge on any atom is 0.311 e. The Bertz CT molecular complexity index is 2670. The minimum atomic E-state index is -2.36. The molecule has 26 nitrogen and oxygen atoms in total. The van der Waals surface area contributed by atoms with Crippen LogP contribution in [0.1, 0.15) is 139 Å². The average molecular weight is 1310 g/mol. The van der Waals surface area contributed by atoms with Crippen LogP contribution in [0.5, 0.6) is 5.75 Å². The summed E-state index contributed by atoms with van der Waals surface area (Å²) in [6, 6.07) is 3.82. The summed E-state index contributed by atoms with van der Waals surface area (Å²) < 4.78 is 139. The van der Waals surface area contributed by atoms with E-state index in [4.69, 9.17) is 56.8 Å². The van der Waals surface area contributed by atoms with Crippen molar-refractivity contribution in [3.63, 3.8) is 0 Å². The Balaban J connectivity index is 1.19. The fourth-order valence-electron chi connectivity index (χ4n) is 9.17. The summed E-state index contributed by atoms with van der Waals surface area (Å²) in [7, 11) is 0. The van der Waals surface area contributed by atoms with E-state index in [2.05, 4.69) is 26.0 Å². The van der Waals surface area contributed by atoms with Gasteiger partial charge < -0.3 is 82.8 Å². The zero-order valence-corrected chi connectivity index (χ0v) is 51.7. The van der Waals surface area contributed by atoms with Crippen LogP contribution in [0.4, 0.5) is 27.6 Å². The molecule has 2 saturated heterocycles. The first-order valence-electron chi connectivity index (χ1n) is 30.0. The second kappa shape index (κ2) is 42.2. The summed E-state index contributed by atoms with van der Waals surface area (Å²) in [6.45, 7) is 7.38. The summed E-state index contributed by atoms with van der Waals surface area (Å²) >= 11 is 0. The largest absolute Gasteiger partial charge is 0.463 e. The van der Waals surface area contributed by atoms with Crippen LogP contribution >= 0.6 is 0 Å². The second-order valence-corrected chi connectivity index (χ2v) is 20.9. The lowest BCUT2D eigenvalue weighted by molar-refractivity contribution is -0.267. The van der Waals surface area contributed by atoms with Crippen molar-refractivity contribution in [2.24, 2.45) is 0 Å². The van der Waals surface area contributed by atoms with Gasteiger partial charge in [-0.05, 0) is 43.9 Å². The Hall–Kier alpha value is -7.00. The zero-order valence-electron chi connectivity index (χ0n) is 51.7. The Labute approximate surface area is 523 Å². The number of hydrogen-bond donors (Lipinski definition) is 4. The number of amides is 4. The van der Waals surface area contributed by atoms with E-state index in [1.165, 1.54) is 52.8 Å². The molecule has 510 valence electrons. The number of benzene rings is 2. The predicted molar refractivity (Wildman–Crippen MR) is 306 cm³/mol. The van der Waals surface area contributed by atoms with Gasteiger partial charge in [-0.2, -0.15) is 8.78 Å². The molecule has 4 rings (SSSR count). The number of nitrogens with one attached hydrogen (secondary N) is 4. The molecule has 0 radical (unpaired) electrons. The van der Waals surface area contributed by atoms with Gasteiger partial charge in [0.05, 0.1) is 78.2 Å². The Morgan fingerprint density at radius 2 is 1.02 bits per heavy atom. The van der Waals surface area contributed by atoms with Crippen LogP contribution in [0.3, 0.4) is 0 Å². The van der Waals surface area contributed by atoms with Gasteiger partial charge in [0.25, 0.3) is 11.8 Å². The highest BCUT2D eigenvalue weighted by atomic mass is 19.2. The number of halogens is 5. The lowest BCUT2D eigenvalue weighted by Gasteiger charge is -2.39. The SMILES string of the molecule is CC(=O)N[C@@H]1CC[C@@H](COC(C)=O)OC1OCCOCCOCCNC(=O)c1cc(NC(=O)CCCCCCCCCCC(=O)Oc2c(F)c(F)c(F)c(F)c2F)cc(C(=O)NCCOCCOCCOC2C[C@@H](OC(C)=O)[C@@H](OC(C)=O)[C@@H](COC(C)=O)O2)c1. The topological polar surface area (TPSA) is 322 Å². The Morgan fingerprint density at radius 3 is 1.56 bits per heavy atom. The maximum absolute atomic E-state index is 13.9. The third-order valence-electron chi connectivity index (χ3n) is 13.4. The van der Waals surface area contributed by atoms with Gasteiger partial charge in [-0.15, -0.1) is 0 Å². The van der Waals surface area contributed by atoms with E-state index < -0.39 is 120 Å². The van der Waals surface area contributed by atoms with Gasteiger partial charge in [-0.3, -0.25) is 43.2 Å². The second-order valence-electron chi connectivity index (χ2n) is 20.9. The molecule has 2 fully saturated rings. The Morgan fingerprint density at radius 1 is 0.527 bits per heavy atom. The molecule has 0 bridgehead atoms. The third-order valence-corrected chi connectivity index (χ3v) is 13.4. The van der Waals surface area contributed by atoms with E-state index in [-0.39, 0.29) is 147 Å². The van der Waals surface area contributed by atoms with Crippen LogP contribution in [0.15, 0.2) is 18.2 Å². The quantitative estimate of drug-likeness (QED) is 0.0121. The van der Waals surface area contributed by atoms with Crippen molar-refractivity contribution in [2.75, 3.05) is 97.7 Å². The van der Waals surface area contributed by atoms with E-state index in [0.717, 1.165) is 19.3 Å². The number of carbonyl (C=O) groups is 9. The number of rotatable bonds is 42. The minimum absolute atomic E-state index is 0.0148. The maximum atomic E-state index is 13.9. The van der Waals surface area contributed by atoms with Crippen molar-refractivity contribution in [3.05, 3.63) is 58.4 Å². The summed E-state index contributed by atoms with van der Waals surface area (Å²) in [5.74, 6) is -18.2. The van der Waals surface area contributed by atoms with Crippen LogP contribution in [-0.4, -0.2) is 189 Å². The Kier molecular flexibility index (Phi) is 35.5. The monoisotopic (exact) mass is 1310 g/mol. The normalized spacial score (nSPS) is 18.7. The molecule has 0 aliphatic carbocycles. The van der Waals surface area contributed by atoms with Crippen molar-refractivity contribution < 1.29 is 127 Å². The summed E-state index contributed by atoms with van der Waals surface area (Å²) in [4.78, 5) is 110. The van der Waals surface area contributed by atoms with E-state index >= 15 is 0 Å². The zero-order chi connectivity index (χ0) is 66.7. The van der Waals surface area contributed by atoms with E-state index in [9.17, 15) is 65.1 Å². The molecule has 7 atom stereocenters. The fourth-order valence-corrected chi connectivity index (χ4v) is 9.17. The standard InChI is InChI=1S/C60H83F5N4O22/c1-36(70)68-45-17-16-44(34-85-37(2)71)89-60(45)84-29-27-82-25-23-80-21-19-67-59(78)42-30-41(31-43(32-42)69-48(75)14-12-10-8-6-7-9-11-13-15-49(76)91-57-54(64)52(62)51(61)53(63)55(57)65)58(77)66-18-20-79-22-24-81-26-28-83-50-33-46(87-39(4)73)56(88-40(5)74)47(90-50)35-86-38(3)72/h30-32,44-47,50,56,60H,6-29,33-35H2,1-5H3,(H,66,77)(H,67,78)(H,68,70)(H,69,75)/t44-,45+,46+,47+,50?,56+,60?/m0/s1. The predicted octanol–water partition coefficient (Wildman–Crippen LogP) is 5.50. The first kappa shape index (κ1) is 76.5. The van der Waals surface area contributed by atoms with Gasteiger partial charge in [-0.1, -0.05) is 38.5 Å². The fraction of sp³-hybridized carbons (Fsp3) is 0.650. The summed E-state index contributed by atoms with van der Waals surface area (Å²) in [5, 5.41) is 11.0. The van der Waals surface area contributed by atoms with Crippen molar-refractivity contribution >= 4 is 59.2 Å². The van der Waals surface area contributed by atoms with Gasteiger partial charge in [0.1, 0.15) is 25.4 Å². The molecule has 0 spiro atoms. The van der Waals surface area contributed by atoms with Crippen molar-refractivity contribution in [1.82, 2.24) is 16.0 Å². The summed E-state index contributed by atoms with van der Waals surface area (Å²) in [5.41, 5.74) is 0.309. The molecule has 2 aromatic rings. The highest BCUT2D eigenvalue weighted by Crippen LogP contribution is 2.31. The highest BCUT2D eigenvalue weighted by molar-refractivity contribution is 6.02. The molecule has 0 aromatic heterocycles. The van der Waals surface area contributed by atoms with Crippen LogP contribution in [0.2, 0.25) is 0 Å². The smallest absolute Gasteiger partial charge is 0.311 e. The number of carbonyl (C=O) groups excluding carboxylic acids is 9. The lowest BCUT2D eigenvalue weighted by atomic mass is 10.0.